The van der Waals surface area contributed by atoms with Gasteiger partial charge < -0.3 is 0 Å². The van der Waals surface area contributed by atoms with Crippen LogP contribution < -0.4 is 0 Å². The molecule has 0 saturated carbocycles. The van der Waals surface area contributed by atoms with Gasteiger partial charge in [0.2, 0.25) is 0 Å². The van der Waals surface area contributed by atoms with E-state index in [2.05, 4.69) is 9.97 Å². The normalized spacial score (nSPS) is 10.9. The fourth-order valence-electron chi connectivity index (χ4n) is 2.70. The molecular formula is C20H12F2N2. The molecule has 0 radical (unpaired) electrons. The van der Waals surface area contributed by atoms with Crippen LogP contribution in [-0.2, 0) is 0 Å². The summed E-state index contributed by atoms with van der Waals surface area (Å²) >= 11 is 0. The Morgan fingerprint density at radius 2 is 1.29 bits per heavy atom. The first-order valence-electron chi connectivity index (χ1n) is 7.50. The van der Waals surface area contributed by atoms with Gasteiger partial charge in [-0.05, 0) is 0 Å². The number of benzene rings is 3. The van der Waals surface area contributed by atoms with Gasteiger partial charge in [0, 0.05) is 23.3 Å². The zero-order valence-electron chi connectivity index (χ0n) is 12.6. The Labute approximate surface area is 137 Å². The van der Waals surface area contributed by atoms with Crippen molar-refractivity contribution in [3.05, 3.63) is 84.4 Å². The number of fused-ring (bicyclic) bond motifs is 1. The predicted molar refractivity (Wildman–Crippen MR) is 90.3 cm³/mol. The molecule has 0 unspecified atom stereocenters. The summed E-state index contributed by atoms with van der Waals surface area (Å²) in [5, 5.41) is 0.224. The molecule has 0 aliphatic heterocycles. The van der Waals surface area contributed by atoms with E-state index in [1.807, 2.05) is 60.7 Å². The van der Waals surface area contributed by atoms with Crippen molar-refractivity contribution in [2.45, 2.75) is 0 Å². The van der Waals surface area contributed by atoms with E-state index in [0.29, 0.717) is 11.5 Å². The Kier molecular flexibility index (Phi) is 3.50. The van der Waals surface area contributed by atoms with Gasteiger partial charge in [-0.1, -0.05) is 60.7 Å². The second-order valence-corrected chi connectivity index (χ2v) is 5.41. The first kappa shape index (κ1) is 14.5. The third-order valence-corrected chi connectivity index (χ3v) is 3.79. The fourth-order valence-corrected chi connectivity index (χ4v) is 2.70. The minimum atomic E-state index is -0.663. The molecule has 116 valence electrons. The van der Waals surface area contributed by atoms with Crippen LogP contribution in [0.25, 0.3) is 33.5 Å². The molecule has 3 aromatic carbocycles. The number of aromatic nitrogens is 2. The van der Waals surface area contributed by atoms with Crippen molar-refractivity contribution in [2.24, 2.45) is 0 Å². The van der Waals surface area contributed by atoms with E-state index < -0.39 is 11.6 Å². The monoisotopic (exact) mass is 318 g/mol. The molecule has 0 fully saturated rings. The van der Waals surface area contributed by atoms with Crippen LogP contribution in [0.3, 0.4) is 0 Å². The Hall–Kier alpha value is -3.14. The van der Waals surface area contributed by atoms with E-state index >= 15 is 0 Å². The first-order chi connectivity index (χ1) is 11.7. The van der Waals surface area contributed by atoms with E-state index in [-0.39, 0.29) is 10.9 Å². The van der Waals surface area contributed by atoms with E-state index in [1.54, 1.807) is 0 Å². The van der Waals surface area contributed by atoms with Gasteiger partial charge in [-0.3, -0.25) is 0 Å². The highest BCUT2D eigenvalue weighted by Crippen LogP contribution is 2.31. The average Bonchev–Trinajstić information content (AvgIpc) is 2.62. The number of hydrogen-bond donors (Lipinski definition) is 0. The summed E-state index contributed by atoms with van der Waals surface area (Å²) < 4.78 is 28.1. The number of halogens is 2. The molecule has 2 nitrogen and oxygen atoms in total. The number of rotatable bonds is 2. The van der Waals surface area contributed by atoms with E-state index in [1.165, 1.54) is 6.07 Å². The molecule has 1 aromatic heterocycles. The maximum atomic E-state index is 14.4. The molecule has 24 heavy (non-hydrogen) atoms. The van der Waals surface area contributed by atoms with Crippen molar-refractivity contribution in [2.75, 3.05) is 0 Å². The van der Waals surface area contributed by atoms with Crippen molar-refractivity contribution < 1.29 is 8.78 Å². The molecular weight excluding hydrogens is 306 g/mol. The highest BCUT2D eigenvalue weighted by Gasteiger charge is 2.15. The predicted octanol–water partition coefficient (Wildman–Crippen LogP) is 5.24. The maximum absolute atomic E-state index is 14.4. The summed E-state index contributed by atoms with van der Waals surface area (Å²) in [7, 11) is 0. The third-order valence-electron chi connectivity index (χ3n) is 3.79. The Bertz CT molecular complexity index is 1020. The second-order valence-electron chi connectivity index (χ2n) is 5.41. The lowest BCUT2D eigenvalue weighted by Crippen LogP contribution is -1.98. The highest BCUT2D eigenvalue weighted by molar-refractivity contribution is 5.94. The molecule has 0 aliphatic rings. The zero-order chi connectivity index (χ0) is 16.5. The summed E-state index contributed by atoms with van der Waals surface area (Å²) in [4.78, 5) is 8.92. The second kappa shape index (κ2) is 5.81. The van der Waals surface area contributed by atoms with Gasteiger partial charge in [-0.15, -0.1) is 0 Å². The average molecular weight is 318 g/mol. The van der Waals surface area contributed by atoms with Gasteiger partial charge >= 0.3 is 0 Å². The third kappa shape index (κ3) is 2.52. The van der Waals surface area contributed by atoms with Crippen molar-refractivity contribution in [3.63, 3.8) is 0 Å². The van der Waals surface area contributed by atoms with Gasteiger partial charge in [-0.25, -0.2) is 18.7 Å². The molecule has 0 spiro atoms. The van der Waals surface area contributed by atoms with E-state index in [4.69, 9.17) is 0 Å². The molecule has 4 aromatic rings. The van der Waals surface area contributed by atoms with Crippen LogP contribution in [0.2, 0.25) is 0 Å². The number of nitrogens with zero attached hydrogens (tertiary/aromatic N) is 2. The van der Waals surface area contributed by atoms with Crippen LogP contribution in [0.5, 0.6) is 0 Å². The van der Waals surface area contributed by atoms with Gasteiger partial charge in [0.1, 0.15) is 11.6 Å². The topological polar surface area (TPSA) is 25.8 Å². The molecule has 0 aliphatic carbocycles. The summed E-state index contributed by atoms with van der Waals surface area (Å²) in [6.07, 6.45) is 0. The van der Waals surface area contributed by atoms with Gasteiger partial charge in [-0.2, -0.15) is 0 Å². The molecule has 0 bridgehead atoms. The molecule has 0 saturated heterocycles. The Balaban J connectivity index is 2.08. The maximum Gasteiger partial charge on any atom is 0.160 e. The summed E-state index contributed by atoms with van der Waals surface area (Å²) in [6, 6.07) is 20.7. The highest BCUT2D eigenvalue weighted by atomic mass is 19.1. The minimum Gasteiger partial charge on any atom is -0.228 e. The van der Waals surface area contributed by atoms with Crippen LogP contribution in [0.4, 0.5) is 8.78 Å². The van der Waals surface area contributed by atoms with Crippen LogP contribution in [0.15, 0.2) is 72.8 Å². The molecule has 4 heteroatoms. The quantitative estimate of drug-likeness (QED) is 0.505. The molecule has 1 heterocycles. The lowest BCUT2D eigenvalue weighted by Gasteiger charge is -2.10. The fraction of sp³-hybridized carbons (Fsp3) is 0. The molecule has 0 atom stereocenters. The van der Waals surface area contributed by atoms with Gasteiger partial charge in [0.25, 0.3) is 0 Å². The van der Waals surface area contributed by atoms with Crippen molar-refractivity contribution in [1.82, 2.24) is 9.97 Å². The zero-order valence-corrected chi connectivity index (χ0v) is 12.6. The molecule has 0 N–H and O–H groups in total. The Morgan fingerprint density at radius 3 is 1.96 bits per heavy atom. The number of hydrogen-bond acceptors (Lipinski definition) is 2. The van der Waals surface area contributed by atoms with Crippen LogP contribution >= 0.6 is 0 Å². The first-order valence-corrected chi connectivity index (χ1v) is 7.50. The smallest absolute Gasteiger partial charge is 0.160 e. The van der Waals surface area contributed by atoms with Crippen molar-refractivity contribution >= 4 is 10.9 Å². The van der Waals surface area contributed by atoms with Crippen molar-refractivity contribution in [3.8, 4) is 22.6 Å². The molecule has 0 amide bonds. The summed E-state index contributed by atoms with van der Waals surface area (Å²) in [5.74, 6) is -0.882. The molecule has 4 rings (SSSR count). The summed E-state index contributed by atoms with van der Waals surface area (Å²) in [6.45, 7) is 0. The van der Waals surface area contributed by atoms with E-state index in [0.717, 1.165) is 17.2 Å². The lowest BCUT2D eigenvalue weighted by molar-refractivity contribution is 0.591. The lowest BCUT2D eigenvalue weighted by atomic mass is 10.0. The van der Waals surface area contributed by atoms with Gasteiger partial charge in [0.05, 0.1) is 16.6 Å². The van der Waals surface area contributed by atoms with Crippen LogP contribution in [0, 0.1) is 11.6 Å². The van der Waals surface area contributed by atoms with Gasteiger partial charge in [0.15, 0.2) is 5.82 Å². The minimum absolute atomic E-state index is 0.224. The van der Waals surface area contributed by atoms with E-state index in [9.17, 15) is 8.78 Å². The van der Waals surface area contributed by atoms with Crippen molar-refractivity contribution in [1.29, 1.82) is 0 Å². The van der Waals surface area contributed by atoms with Crippen LogP contribution in [-0.4, -0.2) is 9.97 Å². The Morgan fingerprint density at radius 1 is 0.667 bits per heavy atom. The van der Waals surface area contributed by atoms with Crippen LogP contribution in [0.1, 0.15) is 0 Å². The summed E-state index contributed by atoms with van der Waals surface area (Å²) in [5.41, 5.74) is 2.26. The largest absolute Gasteiger partial charge is 0.228 e. The SMILES string of the molecule is Fc1cc(F)c2c(-c3ccccc3)nc(-c3ccccc3)nc2c1. The standard InChI is InChI=1S/C20H12F2N2/c21-15-11-16(22)18-17(12-15)23-20(14-9-5-2-6-10-14)24-19(18)13-7-3-1-4-8-13/h1-12H.